The number of carbonyl (C=O) groups is 1. The Morgan fingerprint density at radius 1 is 1.10 bits per heavy atom. The summed E-state index contributed by atoms with van der Waals surface area (Å²) in [5, 5.41) is 4.68. The number of hydrogen-bond donors (Lipinski definition) is 2. The Labute approximate surface area is 174 Å². The molecule has 0 bridgehead atoms. The van der Waals surface area contributed by atoms with Crippen LogP contribution in [0.2, 0.25) is 0 Å². The summed E-state index contributed by atoms with van der Waals surface area (Å²) in [6.07, 6.45) is 1.78. The molecule has 0 aliphatic rings. The third-order valence-electron chi connectivity index (χ3n) is 5.00. The predicted octanol–water partition coefficient (Wildman–Crippen LogP) is 6.09. The van der Waals surface area contributed by atoms with E-state index in [0.29, 0.717) is 0 Å². The highest BCUT2D eigenvalue weighted by atomic mass is 32.1. The molecule has 1 aromatic carbocycles. The molecule has 2 N–H and O–H groups in total. The average molecular weight is 407 g/mol. The van der Waals surface area contributed by atoms with Crippen molar-refractivity contribution in [3.8, 4) is 0 Å². The second kappa shape index (κ2) is 7.52. The van der Waals surface area contributed by atoms with Gasteiger partial charge in [-0.05, 0) is 71.0 Å². The minimum atomic E-state index is 0.0631. The van der Waals surface area contributed by atoms with E-state index in [1.807, 2.05) is 17.0 Å². The molecule has 0 spiro atoms. The highest BCUT2D eigenvalue weighted by Crippen LogP contribution is 2.34. The van der Waals surface area contributed by atoms with Crippen LogP contribution in [0.3, 0.4) is 0 Å². The lowest BCUT2D eigenvalue weighted by molar-refractivity contribution is 0.0649. The van der Waals surface area contributed by atoms with Crippen molar-refractivity contribution in [2.75, 3.05) is 5.32 Å². The number of aromatic nitrogens is 2. The molecule has 4 aromatic rings. The van der Waals surface area contributed by atoms with E-state index in [1.165, 1.54) is 16.7 Å². The maximum atomic E-state index is 13.1. The highest BCUT2D eigenvalue weighted by molar-refractivity contribution is 7.21. The van der Waals surface area contributed by atoms with Crippen molar-refractivity contribution in [1.82, 2.24) is 14.9 Å². The van der Waals surface area contributed by atoms with Crippen molar-refractivity contribution in [2.45, 2.75) is 46.7 Å². The van der Waals surface area contributed by atoms with Crippen LogP contribution in [0.1, 0.15) is 43.1 Å². The molecule has 4 rings (SSSR count). The van der Waals surface area contributed by atoms with Crippen molar-refractivity contribution >= 4 is 49.7 Å². The molecule has 1 amide bonds. The fourth-order valence-corrected chi connectivity index (χ4v) is 4.87. The molecule has 3 aromatic heterocycles. The first-order valence-corrected chi connectivity index (χ1v) is 10.7. The molecule has 0 saturated carbocycles. The molecule has 5 nitrogen and oxygen atoms in total. The van der Waals surface area contributed by atoms with Crippen LogP contribution in [0.25, 0.3) is 21.1 Å². The van der Waals surface area contributed by atoms with Crippen LogP contribution in [0, 0.1) is 6.92 Å². The average Bonchev–Trinajstić information content (AvgIpc) is 3.24. The molecule has 0 unspecified atom stereocenters. The van der Waals surface area contributed by atoms with Crippen LogP contribution in [0.4, 0.5) is 11.4 Å². The second-order valence-corrected chi connectivity index (χ2v) is 9.02. The lowest BCUT2D eigenvalue weighted by atomic mass is 10.2. The van der Waals surface area contributed by atoms with Gasteiger partial charge in [-0.2, -0.15) is 0 Å². The zero-order chi connectivity index (χ0) is 20.7. The van der Waals surface area contributed by atoms with Gasteiger partial charge < -0.3 is 15.2 Å². The molecule has 0 saturated heterocycles. The molecular weight excluding hydrogens is 380 g/mol. The number of H-pyrrole nitrogens is 1. The Morgan fingerprint density at radius 2 is 1.86 bits per heavy atom. The van der Waals surface area contributed by atoms with Gasteiger partial charge in [0.25, 0.3) is 5.91 Å². The van der Waals surface area contributed by atoms with Gasteiger partial charge in [-0.15, -0.1) is 11.3 Å². The fraction of sp³-hybridized carbons (Fsp3) is 0.304. The number of nitrogens with zero attached hydrogens (tertiary/aromatic N) is 2. The number of amides is 1. The van der Waals surface area contributed by atoms with Crippen LogP contribution in [0.5, 0.6) is 0 Å². The highest BCUT2D eigenvalue weighted by Gasteiger charge is 2.24. The Balaban J connectivity index is 1.69. The number of pyridine rings is 1. The Morgan fingerprint density at radius 3 is 2.59 bits per heavy atom. The number of aryl methyl sites for hydroxylation is 1. The molecule has 150 valence electrons. The van der Waals surface area contributed by atoms with Crippen molar-refractivity contribution in [1.29, 1.82) is 0 Å². The SMILES string of the molecule is Cc1cc2cc(Nc3ccnc4cc(C(=O)N(C(C)C)C(C)C)sc34)ccc2[nH]1. The Hall–Kier alpha value is -2.86. The summed E-state index contributed by atoms with van der Waals surface area (Å²) in [6, 6.07) is 12.6. The lowest BCUT2D eigenvalue weighted by Crippen LogP contribution is -2.41. The van der Waals surface area contributed by atoms with E-state index in [4.69, 9.17) is 0 Å². The largest absolute Gasteiger partial charge is 0.359 e. The molecule has 6 heteroatoms. The summed E-state index contributed by atoms with van der Waals surface area (Å²) in [5.74, 6) is 0.0631. The molecule has 3 heterocycles. The number of thiophene rings is 1. The number of anilines is 2. The minimum Gasteiger partial charge on any atom is -0.359 e. The Bertz CT molecular complexity index is 1180. The molecule has 0 atom stereocenters. The summed E-state index contributed by atoms with van der Waals surface area (Å²) < 4.78 is 0.994. The normalized spacial score (nSPS) is 11.7. The van der Waals surface area contributed by atoms with E-state index in [-0.39, 0.29) is 18.0 Å². The molecule has 0 aliphatic carbocycles. The third kappa shape index (κ3) is 3.72. The van der Waals surface area contributed by atoms with Gasteiger partial charge >= 0.3 is 0 Å². The number of hydrogen-bond acceptors (Lipinski definition) is 4. The van der Waals surface area contributed by atoms with Gasteiger partial charge in [0.15, 0.2) is 0 Å². The van der Waals surface area contributed by atoms with E-state index in [9.17, 15) is 4.79 Å². The standard InChI is InChI=1S/C23H26N4OS/c1-13(2)27(14(3)4)23(28)21-12-20-22(29-21)19(8-9-24-20)26-17-6-7-18-16(11-17)10-15(5)25-18/h6-14,25H,1-5H3,(H,24,26). The summed E-state index contributed by atoms with van der Waals surface area (Å²) in [6.45, 7) is 10.3. The van der Waals surface area contributed by atoms with E-state index < -0.39 is 0 Å². The third-order valence-corrected chi connectivity index (χ3v) is 6.15. The first-order chi connectivity index (χ1) is 13.8. The maximum Gasteiger partial charge on any atom is 0.264 e. The smallest absolute Gasteiger partial charge is 0.264 e. The fourth-order valence-electron chi connectivity index (χ4n) is 3.85. The van der Waals surface area contributed by atoms with Crippen molar-refractivity contribution in [3.63, 3.8) is 0 Å². The quantitative estimate of drug-likeness (QED) is 0.422. The molecular formula is C23H26N4OS. The van der Waals surface area contributed by atoms with E-state index in [0.717, 1.165) is 37.7 Å². The van der Waals surface area contributed by atoms with Crippen LogP contribution in [-0.4, -0.2) is 32.9 Å². The van der Waals surface area contributed by atoms with Crippen LogP contribution in [-0.2, 0) is 0 Å². The summed E-state index contributed by atoms with van der Waals surface area (Å²) in [7, 11) is 0. The maximum absolute atomic E-state index is 13.1. The van der Waals surface area contributed by atoms with E-state index in [1.54, 1.807) is 6.20 Å². The minimum absolute atomic E-state index is 0.0631. The number of benzene rings is 1. The first kappa shape index (κ1) is 19.5. The number of carbonyl (C=O) groups excluding carboxylic acids is 1. The number of rotatable bonds is 5. The summed E-state index contributed by atoms with van der Waals surface area (Å²) in [5.41, 5.74) is 5.08. The number of fused-ring (bicyclic) bond motifs is 2. The summed E-state index contributed by atoms with van der Waals surface area (Å²) >= 11 is 1.50. The number of aromatic amines is 1. The summed E-state index contributed by atoms with van der Waals surface area (Å²) in [4.78, 5) is 23.6. The van der Waals surface area contributed by atoms with Crippen LogP contribution in [0.15, 0.2) is 42.6 Å². The van der Waals surface area contributed by atoms with Gasteiger partial charge in [0.2, 0.25) is 0 Å². The van der Waals surface area contributed by atoms with Gasteiger partial charge in [-0.1, -0.05) is 0 Å². The Kier molecular flexibility index (Phi) is 5.04. The van der Waals surface area contributed by atoms with E-state index >= 15 is 0 Å². The second-order valence-electron chi connectivity index (χ2n) is 7.96. The van der Waals surface area contributed by atoms with Gasteiger partial charge in [0.1, 0.15) is 0 Å². The van der Waals surface area contributed by atoms with Gasteiger partial charge in [-0.3, -0.25) is 9.78 Å². The van der Waals surface area contributed by atoms with Crippen molar-refractivity contribution < 1.29 is 4.79 Å². The van der Waals surface area contributed by atoms with E-state index in [2.05, 4.69) is 74.2 Å². The zero-order valence-corrected chi connectivity index (χ0v) is 18.2. The number of nitrogens with one attached hydrogen (secondary N) is 2. The molecule has 0 radical (unpaired) electrons. The molecule has 29 heavy (non-hydrogen) atoms. The first-order valence-electron chi connectivity index (χ1n) is 9.91. The monoisotopic (exact) mass is 406 g/mol. The van der Waals surface area contributed by atoms with Crippen LogP contribution < -0.4 is 5.32 Å². The van der Waals surface area contributed by atoms with Gasteiger partial charge in [0.05, 0.1) is 20.8 Å². The van der Waals surface area contributed by atoms with Gasteiger partial charge in [-0.25, -0.2) is 0 Å². The lowest BCUT2D eigenvalue weighted by Gasteiger charge is -2.30. The van der Waals surface area contributed by atoms with Gasteiger partial charge in [0, 0.05) is 40.6 Å². The molecule has 0 fully saturated rings. The zero-order valence-electron chi connectivity index (χ0n) is 17.4. The van der Waals surface area contributed by atoms with Crippen molar-refractivity contribution in [3.05, 3.63) is 53.2 Å². The topological polar surface area (TPSA) is 61.0 Å². The predicted molar refractivity (Wildman–Crippen MR) is 122 cm³/mol. The van der Waals surface area contributed by atoms with Crippen molar-refractivity contribution in [2.24, 2.45) is 0 Å². The van der Waals surface area contributed by atoms with Crippen LogP contribution >= 0.6 is 11.3 Å². The molecule has 0 aliphatic heterocycles.